The molecule has 58 heavy (non-hydrogen) atoms. The highest BCUT2D eigenvalue weighted by atomic mass is 27.0. The van der Waals surface area contributed by atoms with Crippen LogP contribution in [0.25, 0.3) is 66.8 Å². The molecule has 0 spiro atoms. The first-order valence-corrected chi connectivity index (χ1v) is 18.9. The predicted molar refractivity (Wildman–Crippen MR) is 247 cm³/mol. The highest BCUT2D eigenvalue weighted by Crippen LogP contribution is 2.40. The fraction of sp³-hybridized carbons (Fsp3) is 0. The summed E-state index contributed by atoms with van der Waals surface area (Å²) in [4.78, 5) is 0. The van der Waals surface area contributed by atoms with Crippen molar-refractivity contribution in [3.8, 4) is 84.0 Å². The Labute approximate surface area is 351 Å². The smallest absolute Gasteiger partial charge is 0.187 e. The van der Waals surface area contributed by atoms with Crippen LogP contribution in [-0.4, -0.2) is 32.7 Å². The highest BCUT2D eigenvalue weighted by Gasteiger charge is 2.12. The third kappa shape index (κ3) is 9.82. The number of rotatable bonds is 6. The molecule has 282 valence electrons. The molecule has 0 amide bonds. The number of hydrogen-bond donors (Lipinski definition) is 3. The van der Waals surface area contributed by atoms with Crippen LogP contribution in [0.15, 0.2) is 237 Å². The van der Waals surface area contributed by atoms with Crippen LogP contribution in [0.4, 0.5) is 0 Å². The molecular formula is C54H45AlO3. The SMILES string of the molecule is Oc1c(-c2ccccc2)cccc1-c1ccccc1.Oc1c(-c2ccccc2)cccc1-c1ccccc1.Oc1c(-c2ccccc2)cccc1-c1ccccc1.[AlH3]. The topological polar surface area (TPSA) is 60.7 Å². The van der Waals surface area contributed by atoms with E-state index < -0.39 is 0 Å². The summed E-state index contributed by atoms with van der Waals surface area (Å²) in [6.45, 7) is 0. The number of phenolic OH excluding ortho intramolecular Hbond substituents is 3. The van der Waals surface area contributed by atoms with Crippen molar-refractivity contribution in [2.75, 3.05) is 0 Å². The van der Waals surface area contributed by atoms with E-state index in [0.717, 1.165) is 66.8 Å². The third-order valence-electron chi connectivity index (χ3n) is 9.62. The van der Waals surface area contributed by atoms with Gasteiger partial charge in [0, 0.05) is 33.4 Å². The molecule has 0 atom stereocenters. The largest absolute Gasteiger partial charge is 0.507 e. The standard InChI is InChI=1S/3C18H14O.Al.3H/c3*19-18-16(14-8-3-1-4-9-14)12-7-13-17(18)15-10-5-2-6-11-15;;;;/h3*1-13,19H;;;;. The zero-order valence-corrected chi connectivity index (χ0v) is 31.4. The summed E-state index contributed by atoms with van der Waals surface area (Å²) in [5.41, 5.74) is 11.3. The van der Waals surface area contributed by atoms with Gasteiger partial charge in [0.25, 0.3) is 0 Å². The fourth-order valence-corrected chi connectivity index (χ4v) is 6.73. The van der Waals surface area contributed by atoms with E-state index in [9.17, 15) is 15.3 Å². The summed E-state index contributed by atoms with van der Waals surface area (Å²) in [7, 11) is 0. The number of phenols is 3. The second kappa shape index (κ2) is 20.2. The van der Waals surface area contributed by atoms with Gasteiger partial charge < -0.3 is 15.3 Å². The number of hydrogen-bond acceptors (Lipinski definition) is 3. The lowest BCUT2D eigenvalue weighted by Crippen LogP contribution is -1.83. The van der Waals surface area contributed by atoms with Crippen molar-refractivity contribution in [2.24, 2.45) is 0 Å². The van der Waals surface area contributed by atoms with E-state index in [1.54, 1.807) is 0 Å². The summed E-state index contributed by atoms with van der Waals surface area (Å²) in [6, 6.07) is 77.2. The molecule has 9 aromatic carbocycles. The maximum Gasteiger partial charge on any atom is 0.187 e. The molecule has 0 unspecified atom stereocenters. The normalized spacial score (nSPS) is 10.1. The van der Waals surface area contributed by atoms with Crippen LogP contribution in [0.5, 0.6) is 17.2 Å². The minimum absolute atomic E-state index is 0. The molecule has 0 aliphatic rings. The molecule has 0 saturated heterocycles. The van der Waals surface area contributed by atoms with Gasteiger partial charge in [0.15, 0.2) is 17.4 Å². The summed E-state index contributed by atoms with van der Waals surface area (Å²) >= 11 is 0. The van der Waals surface area contributed by atoms with Crippen molar-refractivity contribution >= 4 is 17.4 Å². The molecule has 0 bridgehead atoms. The first-order chi connectivity index (χ1) is 28.1. The Morgan fingerprint density at radius 2 is 0.310 bits per heavy atom. The van der Waals surface area contributed by atoms with Crippen LogP contribution in [-0.2, 0) is 0 Å². The van der Waals surface area contributed by atoms with Crippen LogP contribution in [0, 0.1) is 0 Å². The Morgan fingerprint density at radius 1 is 0.172 bits per heavy atom. The first kappa shape index (κ1) is 40.6. The number of para-hydroxylation sites is 3. The molecule has 0 aliphatic carbocycles. The molecule has 0 aromatic heterocycles. The lowest BCUT2D eigenvalue weighted by atomic mass is 9.97. The molecule has 9 rings (SSSR count). The van der Waals surface area contributed by atoms with Crippen molar-refractivity contribution in [2.45, 2.75) is 0 Å². The molecule has 0 aliphatic heterocycles. The van der Waals surface area contributed by atoms with Crippen LogP contribution in [0.1, 0.15) is 0 Å². The second-order valence-electron chi connectivity index (χ2n) is 13.3. The summed E-state index contributed by atoms with van der Waals surface area (Å²) in [5, 5.41) is 31.5. The lowest BCUT2D eigenvalue weighted by Gasteiger charge is -2.10. The van der Waals surface area contributed by atoms with Crippen molar-refractivity contribution in [1.29, 1.82) is 0 Å². The van der Waals surface area contributed by atoms with Gasteiger partial charge in [0.05, 0.1) is 0 Å². The molecular weight excluding hydrogens is 724 g/mol. The molecule has 0 heterocycles. The highest BCUT2D eigenvalue weighted by molar-refractivity contribution is 5.84. The van der Waals surface area contributed by atoms with Gasteiger partial charge in [-0.2, -0.15) is 0 Å². The predicted octanol–water partition coefficient (Wildman–Crippen LogP) is 13.0. The van der Waals surface area contributed by atoms with Crippen molar-refractivity contribution < 1.29 is 15.3 Å². The lowest BCUT2D eigenvalue weighted by molar-refractivity contribution is 0.479. The minimum Gasteiger partial charge on any atom is -0.507 e. The van der Waals surface area contributed by atoms with Gasteiger partial charge >= 0.3 is 0 Å². The second-order valence-corrected chi connectivity index (χ2v) is 13.3. The zero-order valence-electron chi connectivity index (χ0n) is 31.4. The van der Waals surface area contributed by atoms with Gasteiger partial charge in [-0.1, -0.05) is 237 Å². The average molecular weight is 769 g/mol. The van der Waals surface area contributed by atoms with Crippen molar-refractivity contribution in [1.82, 2.24) is 0 Å². The van der Waals surface area contributed by atoms with Crippen LogP contribution < -0.4 is 0 Å². The van der Waals surface area contributed by atoms with Gasteiger partial charge in [0.1, 0.15) is 17.2 Å². The number of benzene rings is 9. The van der Waals surface area contributed by atoms with Crippen LogP contribution in [0.3, 0.4) is 0 Å². The van der Waals surface area contributed by atoms with Gasteiger partial charge in [-0.15, -0.1) is 0 Å². The Kier molecular flexibility index (Phi) is 14.1. The average Bonchev–Trinajstić information content (AvgIpc) is 3.29. The molecule has 0 fully saturated rings. The van der Waals surface area contributed by atoms with E-state index in [0.29, 0.717) is 17.2 Å². The molecule has 4 heteroatoms. The Hall–Kier alpha value is -7.09. The fourth-order valence-electron chi connectivity index (χ4n) is 6.73. The molecule has 0 saturated carbocycles. The van der Waals surface area contributed by atoms with Gasteiger partial charge in [-0.25, -0.2) is 0 Å². The van der Waals surface area contributed by atoms with Gasteiger partial charge in [-0.3, -0.25) is 0 Å². The molecule has 0 radical (unpaired) electrons. The Bertz CT molecular complexity index is 2150. The third-order valence-corrected chi connectivity index (χ3v) is 9.62. The summed E-state index contributed by atoms with van der Waals surface area (Å²) < 4.78 is 0. The van der Waals surface area contributed by atoms with Crippen LogP contribution in [0.2, 0.25) is 0 Å². The quantitative estimate of drug-likeness (QED) is 0.148. The van der Waals surface area contributed by atoms with Gasteiger partial charge in [-0.05, 0) is 33.4 Å². The first-order valence-electron chi connectivity index (χ1n) is 18.9. The summed E-state index contributed by atoms with van der Waals surface area (Å²) in [5.74, 6) is 1.000. The zero-order chi connectivity index (χ0) is 39.2. The van der Waals surface area contributed by atoms with Crippen molar-refractivity contribution in [3.63, 3.8) is 0 Å². The van der Waals surface area contributed by atoms with E-state index in [-0.39, 0.29) is 17.4 Å². The van der Waals surface area contributed by atoms with E-state index in [2.05, 4.69) is 0 Å². The summed E-state index contributed by atoms with van der Waals surface area (Å²) in [6.07, 6.45) is 0. The maximum absolute atomic E-state index is 10.5. The van der Waals surface area contributed by atoms with Crippen molar-refractivity contribution in [3.05, 3.63) is 237 Å². The van der Waals surface area contributed by atoms with E-state index in [1.165, 1.54) is 0 Å². The molecule has 3 nitrogen and oxygen atoms in total. The molecule has 3 N–H and O–H groups in total. The minimum atomic E-state index is 0. The number of aromatic hydroxyl groups is 3. The molecule has 9 aromatic rings. The van der Waals surface area contributed by atoms with Crippen LogP contribution >= 0.6 is 0 Å². The monoisotopic (exact) mass is 768 g/mol. The van der Waals surface area contributed by atoms with Gasteiger partial charge in [0.2, 0.25) is 0 Å². The maximum atomic E-state index is 10.5. The Morgan fingerprint density at radius 3 is 0.448 bits per heavy atom. The van der Waals surface area contributed by atoms with E-state index in [1.807, 2.05) is 237 Å². The Balaban J connectivity index is 0.000000145. The van der Waals surface area contributed by atoms with E-state index >= 15 is 0 Å². The van der Waals surface area contributed by atoms with E-state index in [4.69, 9.17) is 0 Å².